The van der Waals surface area contributed by atoms with Crippen LogP contribution in [0.15, 0.2) is 24.3 Å². The quantitative estimate of drug-likeness (QED) is 0.870. The molecule has 1 aliphatic carbocycles. The molecule has 118 valence electrons. The summed E-state index contributed by atoms with van der Waals surface area (Å²) in [5.74, 6) is 0. The molecule has 21 heavy (non-hydrogen) atoms. The third-order valence-electron chi connectivity index (χ3n) is 4.16. The molecule has 0 aromatic heterocycles. The highest BCUT2D eigenvalue weighted by Gasteiger charge is 2.34. The molecule has 2 rings (SSSR count). The Morgan fingerprint density at radius 3 is 2.48 bits per heavy atom. The van der Waals surface area contributed by atoms with Crippen molar-refractivity contribution >= 4 is 9.84 Å². The number of rotatable bonds is 6. The van der Waals surface area contributed by atoms with Gasteiger partial charge in [-0.25, -0.2) is 8.42 Å². The van der Waals surface area contributed by atoms with Gasteiger partial charge < -0.3 is 10.2 Å². The summed E-state index contributed by atoms with van der Waals surface area (Å²) < 4.78 is 23.6. The van der Waals surface area contributed by atoms with Crippen molar-refractivity contribution in [3.8, 4) is 0 Å². The molecule has 0 radical (unpaired) electrons. The van der Waals surface area contributed by atoms with Gasteiger partial charge in [-0.15, -0.1) is 0 Å². The van der Waals surface area contributed by atoms with Crippen LogP contribution in [-0.4, -0.2) is 45.0 Å². The second-order valence-electron chi connectivity index (χ2n) is 6.29. The molecule has 1 aromatic carbocycles. The highest BCUT2D eigenvalue weighted by Crippen LogP contribution is 2.25. The van der Waals surface area contributed by atoms with Gasteiger partial charge in [-0.1, -0.05) is 30.7 Å². The van der Waals surface area contributed by atoms with Crippen LogP contribution in [0.4, 0.5) is 0 Å². The van der Waals surface area contributed by atoms with Crippen molar-refractivity contribution in [1.82, 2.24) is 10.2 Å². The molecule has 1 aromatic rings. The SMILES string of the molecule is CN(C)Cc1ccccc1CNC1CCCC1S(C)(=O)=O. The van der Waals surface area contributed by atoms with Crippen molar-refractivity contribution in [2.45, 2.75) is 43.6 Å². The molecule has 0 aliphatic heterocycles. The van der Waals surface area contributed by atoms with Crippen molar-refractivity contribution in [2.24, 2.45) is 0 Å². The number of hydrogen-bond acceptors (Lipinski definition) is 4. The zero-order valence-electron chi connectivity index (χ0n) is 13.2. The molecule has 4 nitrogen and oxygen atoms in total. The average Bonchev–Trinajstić information content (AvgIpc) is 2.85. The largest absolute Gasteiger partial charge is 0.309 e. The van der Waals surface area contributed by atoms with Crippen LogP contribution < -0.4 is 5.32 Å². The van der Waals surface area contributed by atoms with E-state index in [0.29, 0.717) is 0 Å². The smallest absolute Gasteiger partial charge is 0.151 e. The van der Waals surface area contributed by atoms with Gasteiger partial charge in [0.15, 0.2) is 9.84 Å². The van der Waals surface area contributed by atoms with E-state index in [1.807, 2.05) is 6.07 Å². The van der Waals surface area contributed by atoms with Gasteiger partial charge in [0.2, 0.25) is 0 Å². The van der Waals surface area contributed by atoms with E-state index in [2.05, 4.69) is 42.5 Å². The fraction of sp³-hybridized carbons (Fsp3) is 0.625. The van der Waals surface area contributed by atoms with E-state index >= 15 is 0 Å². The maximum absolute atomic E-state index is 11.8. The molecule has 2 atom stereocenters. The third kappa shape index (κ3) is 4.53. The van der Waals surface area contributed by atoms with E-state index in [-0.39, 0.29) is 11.3 Å². The molecule has 0 amide bonds. The van der Waals surface area contributed by atoms with Gasteiger partial charge in [-0.2, -0.15) is 0 Å². The van der Waals surface area contributed by atoms with Crippen molar-refractivity contribution < 1.29 is 8.42 Å². The highest BCUT2D eigenvalue weighted by molar-refractivity contribution is 7.91. The van der Waals surface area contributed by atoms with Crippen molar-refractivity contribution in [1.29, 1.82) is 0 Å². The summed E-state index contributed by atoms with van der Waals surface area (Å²) in [6.45, 7) is 1.64. The topological polar surface area (TPSA) is 49.4 Å². The summed E-state index contributed by atoms with van der Waals surface area (Å²) in [5, 5.41) is 3.25. The van der Waals surface area contributed by atoms with Gasteiger partial charge in [0.05, 0.1) is 5.25 Å². The zero-order valence-corrected chi connectivity index (χ0v) is 14.0. The van der Waals surface area contributed by atoms with Crippen LogP contribution >= 0.6 is 0 Å². The molecule has 5 heteroatoms. The average molecular weight is 310 g/mol. The number of benzene rings is 1. The Kier molecular flexibility index (Phi) is 5.41. The molecule has 1 saturated carbocycles. The summed E-state index contributed by atoms with van der Waals surface area (Å²) >= 11 is 0. The Labute approximate surface area is 128 Å². The second kappa shape index (κ2) is 6.90. The van der Waals surface area contributed by atoms with E-state index in [1.54, 1.807) is 0 Å². The Hall–Kier alpha value is -0.910. The Morgan fingerprint density at radius 1 is 1.19 bits per heavy atom. The van der Waals surface area contributed by atoms with E-state index < -0.39 is 9.84 Å². The molecule has 2 unspecified atom stereocenters. The molecule has 1 N–H and O–H groups in total. The van der Waals surface area contributed by atoms with Gasteiger partial charge in [-0.05, 0) is 38.1 Å². The molecule has 0 bridgehead atoms. The lowest BCUT2D eigenvalue weighted by Gasteiger charge is -2.21. The van der Waals surface area contributed by atoms with E-state index in [9.17, 15) is 8.42 Å². The predicted molar refractivity (Wildman–Crippen MR) is 86.9 cm³/mol. The maximum Gasteiger partial charge on any atom is 0.151 e. The van der Waals surface area contributed by atoms with Crippen LogP contribution in [0.5, 0.6) is 0 Å². The molecule has 0 saturated heterocycles. The maximum atomic E-state index is 11.8. The van der Waals surface area contributed by atoms with Crippen LogP contribution in [0.25, 0.3) is 0 Å². The summed E-state index contributed by atoms with van der Waals surface area (Å²) in [4.78, 5) is 2.15. The molecule has 1 fully saturated rings. The Morgan fingerprint density at radius 2 is 1.86 bits per heavy atom. The molecular weight excluding hydrogens is 284 g/mol. The van der Waals surface area contributed by atoms with Crippen LogP contribution in [0.2, 0.25) is 0 Å². The van der Waals surface area contributed by atoms with E-state index in [4.69, 9.17) is 0 Å². The number of nitrogens with one attached hydrogen (secondary N) is 1. The predicted octanol–water partition coefficient (Wildman–Crippen LogP) is 1.80. The lowest BCUT2D eigenvalue weighted by molar-refractivity contribution is 0.399. The van der Waals surface area contributed by atoms with E-state index in [0.717, 1.165) is 32.4 Å². The summed E-state index contributed by atoms with van der Waals surface area (Å²) in [6.07, 6.45) is 4.09. The van der Waals surface area contributed by atoms with Gasteiger partial charge >= 0.3 is 0 Å². The van der Waals surface area contributed by atoms with Gasteiger partial charge in [-0.3, -0.25) is 0 Å². The minimum absolute atomic E-state index is 0.0902. The van der Waals surface area contributed by atoms with Crippen molar-refractivity contribution in [3.63, 3.8) is 0 Å². The van der Waals surface area contributed by atoms with Crippen LogP contribution in [0.3, 0.4) is 0 Å². The fourth-order valence-electron chi connectivity index (χ4n) is 3.14. The molecule has 1 aliphatic rings. The number of nitrogens with zero attached hydrogens (tertiary/aromatic N) is 1. The monoisotopic (exact) mass is 310 g/mol. The van der Waals surface area contributed by atoms with Crippen molar-refractivity contribution in [3.05, 3.63) is 35.4 Å². The second-order valence-corrected chi connectivity index (χ2v) is 8.56. The molecule has 0 spiro atoms. The fourth-order valence-corrected chi connectivity index (χ4v) is 4.56. The number of sulfone groups is 1. The number of hydrogen-bond donors (Lipinski definition) is 1. The van der Waals surface area contributed by atoms with Gasteiger partial charge in [0.1, 0.15) is 0 Å². The molecular formula is C16H26N2O2S. The summed E-state index contributed by atoms with van der Waals surface area (Å²) in [6, 6.07) is 8.44. The Balaban J connectivity index is 2.03. The normalized spacial score (nSPS) is 22.9. The summed E-state index contributed by atoms with van der Waals surface area (Å²) in [5.41, 5.74) is 2.55. The van der Waals surface area contributed by atoms with E-state index in [1.165, 1.54) is 17.4 Å². The third-order valence-corrected chi connectivity index (χ3v) is 5.83. The first-order valence-electron chi connectivity index (χ1n) is 7.51. The summed E-state index contributed by atoms with van der Waals surface area (Å²) in [7, 11) is 1.16. The first-order chi connectivity index (χ1) is 9.88. The lowest BCUT2D eigenvalue weighted by atomic mass is 10.1. The van der Waals surface area contributed by atoms with Crippen LogP contribution in [-0.2, 0) is 22.9 Å². The van der Waals surface area contributed by atoms with Crippen LogP contribution in [0, 0.1) is 0 Å². The lowest BCUT2D eigenvalue weighted by Crippen LogP contribution is -2.39. The standard InChI is InChI=1S/C16H26N2O2S/c1-18(2)12-14-8-5-4-7-13(14)11-17-15-9-6-10-16(15)21(3,19)20/h4-5,7-8,15-17H,6,9-12H2,1-3H3. The first kappa shape index (κ1) is 16.5. The van der Waals surface area contributed by atoms with Crippen molar-refractivity contribution in [2.75, 3.05) is 20.4 Å². The zero-order chi connectivity index (χ0) is 15.5. The van der Waals surface area contributed by atoms with Gasteiger partial charge in [0, 0.05) is 25.4 Å². The molecule has 0 heterocycles. The minimum Gasteiger partial charge on any atom is -0.309 e. The Bertz CT molecular complexity index is 569. The minimum atomic E-state index is -2.96. The first-order valence-corrected chi connectivity index (χ1v) is 9.47. The van der Waals surface area contributed by atoms with Gasteiger partial charge in [0.25, 0.3) is 0 Å². The highest BCUT2D eigenvalue weighted by atomic mass is 32.2. The van der Waals surface area contributed by atoms with Crippen LogP contribution in [0.1, 0.15) is 30.4 Å².